The van der Waals surface area contributed by atoms with Crippen LogP contribution in [-0.2, 0) is 6.42 Å². The fraction of sp³-hybridized carbons (Fsp3) is 0.308. The van der Waals surface area contributed by atoms with E-state index in [0.717, 1.165) is 12.0 Å². The van der Waals surface area contributed by atoms with Gasteiger partial charge >= 0.3 is 0 Å². The average Bonchev–Trinajstić information content (AvgIpc) is 2.40. The molecule has 0 fully saturated rings. The smallest absolute Gasteiger partial charge is 0.251 e. The highest BCUT2D eigenvalue weighted by molar-refractivity contribution is 5.96. The molecule has 0 aromatic heterocycles. The van der Waals surface area contributed by atoms with E-state index in [9.17, 15) is 9.18 Å². The number of nitrogens with one attached hydrogen (secondary N) is 1. The molecule has 104 valence electrons. The van der Waals surface area contributed by atoms with Crippen molar-refractivity contribution in [1.29, 1.82) is 0 Å². The van der Waals surface area contributed by atoms with Crippen LogP contribution in [0.3, 0.4) is 0 Å². The highest BCUT2D eigenvalue weighted by Crippen LogP contribution is 2.21. The Morgan fingerprint density at radius 1 is 1.53 bits per heavy atom. The van der Waals surface area contributed by atoms with Gasteiger partial charge in [-0.3, -0.25) is 4.79 Å². The van der Waals surface area contributed by atoms with E-state index in [1.807, 2.05) is 6.07 Å². The van der Waals surface area contributed by atoms with Crippen LogP contribution in [0.25, 0.3) is 0 Å². The van der Waals surface area contributed by atoms with Crippen LogP contribution in [0.4, 0.5) is 4.39 Å². The average molecular weight is 287 g/mol. The predicted molar refractivity (Wildman–Crippen MR) is 73.5 cm³/mol. The van der Waals surface area contributed by atoms with Crippen LogP contribution in [0.1, 0.15) is 15.9 Å². The second-order valence-corrected chi connectivity index (χ2v) is 4.09. The lowest BCUT2D eigenvalue weighted by Crippen LogP contribution is -2.31. The normalized spacial score (nSPS) is 14.2. The quantitative estimate of drug-likeness (QED) is 0.883. The molecule has 1 heterocycles. The molecule has 0 unspecified atom stereocenters. The van der Waals surface area contributed by atoms with E-state index in [1.165, 1.54) is 0 Å². The van der Waals surface area contributed by atoms with Gasteiger partial charge in [0, 0.05) is 24.2 Å². The Balaban J connectivity index is 0.00000180. The molecule has 1 aliphatic rings. The SMILES string of the molecule is Cl.NC/C(=C\F)COc1ccc2c(c1)CCNC2=O. The molecule has 1 aromatic carbocycles. The topological polar surface area (TPSA) is 64.3 Å². The van der Waals surface area contributed by atoms with Crippen LogP contribution in [0.2, 0.25) is 0 Å². The molecule has 3 N–H and O–H groups in total. The lowest BCUT2D eigenvalue weighted by Gasteiger charge is -2.17. The number of hydrogen-bond donors (Lipinski definition) is 2. The van der Waals surface area contributed by atoms with Gasteiger partial charge in [-0.05, 0) is 30.2 Å². The van der Waals surface area contributed by atoms with E-state index in [4.69, 9.17) is 10.5 Å². The zero-order valence-electron chi connectivity index (χ0n) is 10.3. The summed E-state index contributed by atoms with van der Waals surface area (Å²) in [5.41, 5.74) is 7.36. The summed E-state index contributed by atoms with van der Waals surface area (Å²) in [6.07, 6.45) is 1.24. The molecule has 2 rings (SSSR count). The van der Waals surface area contributed by atoms with Crippen molar-refractivity contribution in [3.63, 3.8) is 0 Å². The number of halogens is 2. The monoisotopic (exact) mass is 286 g/mol. The lowest BCUT2D eigenvalue weighted by molar-refractivity contribution is 0.0946. The van der Waals surface area contributed by atoms with Crippen molar-refractivity contribution < 1.29 is 13.9 Å². The third-order valence-corrected chi connectivity index (χ3v) is 2.84. The van der Waals surface area contributed by atoms with Gasteiger partial charge in [0.15, 0.2) is 0 Å². The first-order valence-corrected chi connectivity index (χ1v) is 5.76. The van der Waals surface area contributed by atoms with Crippen LogP contribution >= 0.6 is 12.4 Å². The zero-order chi connectivity index (χ0) is 13.0. The molecule has 1 aromatic rings. The molecular weight excluding hydrogens is 271 g/mol. The van der Waals surface area contributed by atoms with Crippen LogP contribution in [0.5, 0.6) is 5.75 Å². The fourth-order valence-corrected chi connectivity index (χ4v) is 1.81. The van der Waals surface area contributed by atoms with Gasteiger partial charge in [0.25, 0.3) is 5.91 Å². The van der Waals surface area contributed by atoms with Gasteiger partial charge in [-0.1, -0.05) is 0 Å². The summed E-state index contributed by atoms with van der Waals surface area (Å²) in [6.45, 7) is 0.884. The zero-order valence-corrected chi connectivity index (χ0v) is 11.1. The molecule has 0 saturated heterocycles. The van der Waals surface area contributed by atoms with E-state index in [0.29, 0.717) is 29.8 Å². The summed E-state index contributed by atoms with van der Waals surface area (Å²) < 4.78 is 17.7. The van der Waals surface area contributed by atoms with E-state index >= 15 is 0 Å². The molecule has 0 saturated carbocycles. The molecular formula is C13H16ClFN2O2. The Kier molecular flexibility index (Phi) is 5.79. The maximum atomic E-state index is 12.3. The first-order chi connectivity index (χ1) is 8.74. The van der Waals surface area contributed by atoms with Gasteiger partial charge in [0.1, 0.15) is 12.4 Å². The van der Waals surface area contributed by atoms with Crippen LogP contribution in [0.15, 0.2) is 30.1 Å². The highest BCUT2D eigenvalue weighted by atomic mass is 35.5. The van der Waals surface area contributed by atoms with Crippen molar-refractivity contribution >= 4 is 18.3 Å². The van der Waals surface area contributed by atoms with Crippen molar-refractivity contribution in [2.24, 2.45) is 5.73 Å². The summed E-state index contributed by atoms with van der Waals surface area (Å²) in [5.74, 6) is 0.561. The van der Waals surface area contributed by atoms with Crippen molar-refractivity contribution in [3.05, 3.63) is 41.2 Å². The number of hydrogen-bond acceptors (Lipinski definition) is 3. The second kappa shape index (κ2) is 7.11. The van der Waals surface area contributed by atoms with Crippen molar-refractivity contribution in [3.8, 4) is 5.75 Å². The Hall–Kier alpha value is -1.59. The molecule has 0 aliphatic carbocycles. The third-order valence-electron chi connectivity index (χ3n) is 2.84. The van der Waals surface area contributed by atoms with Crippen LogP contribution < -0.4 is 15.8 Å². The largest absolute Gasteiger partial charge is 0.489 e. The molecule has 1 aliphatic heterocycles. The molecule has 0 radical (unpaired) electrons. The van der Waals surface area contributed by atoms with Crippen LogP contribution in [0, 0.1) is 0 Å². The van der Waals surface area contributed by atoms with E-state index in [1.54, 1.807) is 12.1 Å². The second-order valence-electron chi connectivity index (χ2n) is 4.09. The molecule has 4 nitrogen and oxygen atoms in total. The molecule has 0 atom stereocenters. The predicted octanol–water partition coefficient (Wildman–Crippen LogP) is 1.59. The first kappa shape index (κ1) is 15.5. The highest BCUT2D eigenvalue weighted by Gasteiger charge is 2.16. The number of ether oxygens (including phenoxy) is 1. The summed E-state index contributed by atoms with van der Waals surface area (Å²) in [7, 11) is 0. The maximum Gasteiger partial charge on any atom is 0.251 e. The first-order valence-electron chi connectivity index (χ1n) is 5.76. The van der Waals surface area contributed by atoms with Gasteiger partial charge in [0.2, 0.25) is 0 Å². The summed E-state index contributed by atoms with van der Waals surface area (Å²) >= 11 is 0. The fourth-order valence-electron chi connectivity index (χ4n) is 1.81. The third kappa shape index (κ3) is 3.68. The number of carbonyl (C=O) groups excluding carboxylic acids is 1. The molecule has 6 heteroatoms. The Labute approximate surface area is 117 Å². The van der Waals surface area contributed by atoms with Gasteiger partial charge in [-0.25, -0.2) is 4.39 Å². The number of nitrogens with two attached hydrogens (primary N) is 1. The Morgan fingerprint density at radius 3 is 3.00 bits per heavy atom. The number of amides is 1. The van der Waals surface area contributed by atoms with Gasteiger partial charge in [0.05, 0.1) is 6.33 Å². The Bertz CT molecular complexity index is 492. The molecule has 1 amide bonds. The number of fused-ring (bicyclic) bond motifs is 1. The van der Waals surface area contributed by atoms with Crippen molar-refractivity contribution in [1.82, 2.24) is 5.32 Å². The van der Waals surface area contributed by atoms with Gasteiger partial charge in [-0.2, -0.15) is 0 Å². The van der Waals surface area contributed by atoms with E-state index in [2.05, 4.69) is 5.32 Å². The van der Waals surface area contributed by atoms with Gasteiger partial charge in [-0.15, -0.1) is 12.4 Å². The van der Waals surface area contributed by atoms with E-state index < -0.39 is 0 Å². The van der Waals surface area contributed by atoms with Crippen molar-refractivity contribution in [2.75, 3.05) is 19.7 Å². The molecule has 0 bridgehead atoms. The number of benzene rings is 1. The molecule has 19 heavy (non-hydrogen) atoms. The lowest BCUT2D eigenvalue weighted by atomic mass is 10.0. The summed E-state index contributed by atoms with van der Waals surface area (Å²) in [6, 6.07) is 5.25. The summed E-state index contributed by atoms with van der Waals surface area (Å²) in [5, 5.41) is 2.77. The minimum atomic E-state index is -0.0610. The Morgan fingerprint density at radius 2 is 2.32 bits per heavy atom. The van der Waals surface area contributed by atoms with Gasteiger partial charge < -0.3 is 15.8 Å². The van der Waals surface area contributed by atoms with E-state index in [-0.39, 0.29) is 31.5 Å². The standard InChI is InChI=1S/C13H15FN2O2.ClH/c14-6-9(7-15)8-18-11-1-2-12-10(5-11)3-4-16-13(12)17;/h1-2,5-6H,3-4,7-8,15H2,(H,16,17);1H/b9-6+;. The van der Waals surface area contributed by atoms with Crippen molar-refractivity contribution in [2.45, 2.75) is 6.42 Å². The van der Waals surface area contributed by atoms with Crippen LogP contribution in [-0.4, -0.2) is 25.6 Å². The molecule has 0 spiro atoms. The minimum absolute atomic E-state index is 0. The number of carbonyl (C=O) groups is 1. The number of rotatable bonds is 4. The maximum absolute atomic E-state index is 12.3. The minimum Gasteiger partial charge on any atom is -0.489 e. The summed E-state index contributed by atoms with van der Waals surface area (Å²) in [4.78, 5) is 11.5.